The van der Waals surface area contributed by atoms with Gasteiger partial charge < -0.3 is 10.2 Å². The van der Waals surface area contributed by atoms with Gasteiger partial charge in [-0.15, -0.1) is 0 Å². The second-order valence-corrected chi connectivity index (χ2v) is 5.20. The van der Waals surface area contributed by atoms with Gasteiger partial charge in [-0.1, -0.05) is 24.3 Å². The summed E-state index contributed by atoms with van der Waals surface area (Å²) in [5.74, 6) is -1.87. The smallest absolute Gasteiger partial charge is 0.257 e. The average molecular weight is 332 g/mol. The van der Waals surface area contributed by atoms with Crippen LogP contribution in [0.5, 0.6) is 0 Å². The van der Waals surface area contributed by atoms with Gasteiger partial charge in [0.2, 0.25) is 5.91 Å². The van der Waals surface area contributed by atoms with E-state index in [1.54, 1.807) is 25.1 Å². The number of halogens is 2. The summed E-state index contributed by atoms with van der Waals surface area (Å²) in [5.41, 5.74) is 0.680. The van der Waals surface area contributed by atoms with Crippen molar-refractivity contribution >= 4 is 11.8 Å². The lowest BCUT2D eigenvalue weighted by atomic mass is 10.2. The second kappa shape index (κ2) is 8.19. The molecule has 6 heteroatoms. The summed E-state index contributed by atoms with van der Waals surface area (Å²) in [7, 11) is 0. The minimum absolute atomic E-state index is 0.0642. The Labute approximate surface area is 139 Å². The van der Waals surface area contributed by atoms with Crippen LogP contribution in [0.3, 0.4) is 0 Å². The van der Waals surface area contributed by atoms with Crippen molar-refractivity contribution in [3.8, 4) is 0 Å². The normalized spacial score (nSPS) is 10.3. The molecule has 4 nitrogen and oxygen atoms in total. The lowest BCUT2D eigenvalue weighted by Gasteiger charge is -2.20. The van der Waals surface area contributed by atoms with Crippen LogP contribution < -0.4 is 5.32 Å². The van der Waals surface area contributed by atoms with Gasteiger partial charge in [0.15, 0.2) is 0 Å². The molecule has 2 rings (SSSR count). The molecular formula is C18H18F2N2O2. The Bertz CT molecular complexity index is 717. The first-order valence-electron chi connectivity index (χ1n) is 7.56. The molecule has 2 aromatic rings. The Balaban J connectivity index is 1.94. The largest absolute Gasteiger partial charge is 0.350 e. The average Bonchev–Trinajstić information content (AvgIpc) is 2.59. The molecule has 0 aromatic heterocycles. The zero-order valence-electron chi connectivity index (χ0n) is 13.3. The van der Waals surface area contributed by atoms with Crippen molar-refractivity contribution in [3.63, 3.8) is 0 Å². The van der Waals surface area contributed by atoms with Crippen molar-refractivity contribution in [1.82, 2.24) is 10.2 Å². The third-order valence-electron chi connectivity index (χ3n) is 3.51. The van der Waals surface area contributed by atoms with Crippen LogP contribution in [0.1, 0.15) is 22.8 Å². The minimum atomic E-state index is -0.618. The molecule has 24 heavy (non-hydrogen) atoms. The quantitative estimate of drug-likeness (QED) is 0.884. The lowest BCUT2D eigenvalue weighted by molar-refractivity contribution is -0.121. The highest BCUT2D eigenvalue weighted by Gasteiger charge is 2.19. The summed E-state index contributed by atoms with van der Waals surface area (Å²) in [6.45, 7) is 2.04. The fourth-order valence-electron chi connectivity index (χ4n) is 2.16. The van der Waals surface area contributed by atoms with Gasteiger partial charge in [0, 0.05) is 13.1 Å². The number of likely N-dealkylation sites (N-methyl/N-ethyl adjacent to an activating group) is 1. The van der Waals surface area contributed by atoms with Crippen LogP contribution in [0.4, 0.5) is 8.78 Å². The molecule has 0 heterocycles. The lowest BCUT2D eigenvalue weighted by Crippen LogP contribution is -2.40. The van der Waals surface area contributed by atoms with E-state index in [2.05, 4.69) is 5.32 Å². The van der Waals surface area contributed by atoms with Crippen molar-refractivity contribution in [3.05, 3.63) is 71.3 Å². The number of benzene rings is 2. The summed E-state index contributed by atoms with van der Waals surface area (Å²) in [5, 5.41) is 2.66. The third kappa shape index (κ3) is 4.62. The molecule has 126 valence electrons. The zero-order chi connectivity index (χ0) is 17.5. The Morgan fingerprint density at radius 3 is 2.33 bits per heavy atom. The molecule has 0 radical (unpaired) electrons. The fraction of sp³-hybridized carbons (Fsp3) is 0.222. The monoisotopic (exact) mass is 332 g/mol. The first-order valence-corrected chi connectivity index (χ1v) is 7.56. The Morgan fingerprint density at radius 1 is 1.04 bits per heavy atom. The van der Waals surface area contributed by atoms with Crippen LogP contribution in [0.25, 0.3) is 0 Å². The van der Waals surface area contributed by atoms with E-state index in [9.17, 15) is 18.4 Å². The molecule has 0 fully saturated rings. The first-order chi connectivity index (χ1) is 11.5. The highest BCUT2D eigenvalue weighted by atomic mass is 19.1. The van der Waals surface area contributed by atoms with Gasteiger partial charge in [-0.2, -0.15) is 0 Å². The first kappa shape index (κ1) is 17.6. The van der Waals surface area contributed by atoms with Gasteiger partial charge in [0.1, 0.15) is 11.6 Å². The van der Waals surface area contributed by atoms with Gasteiger partial charge in [0.25, 0.3) is 5.91 Å². The van der Waals surface area contributed by atoms with Gasteiger partial charge in [0.05, 0.1) is 12.1 Å². The predicted molar refractivity (Wildman–Crippen MR) is 86.2 cm³/mol. The number of rotatable bonds is 6. The zero-order valence-corrected chi connectivity index (χ0v) is 13.3. The SMILES string of the molecule is CCN(CC(=O)NCc1ccc(F)cc1)C(=O)c1ccccc1F. The maximum atomic E-state index is 13.7. The van der Waals surface area contributed by atoms with Gasteiger partial charge in [-0.3, -0.25) is 9.59 Å². The van der Waals surface area contributed by atoms with E-state index in [1.165, 1.54) is 35.2 Å². The molecule has 0 atom stereocenters. The van der Waals surface area contributed by atoms with Crippen molar-refractivity contribution in [2.24, 2.45) is 0 Å². The molecule has 1 N–H and O–H groups in total. The third-order valence-corrected chi connectivity index (χ3v) is 3.51. The molecule has 0 aliphatic carbocycles. The molecular weight excluding hydrogens is 314 g/mol. The fourth-order valence-corrected chi connectivity index (χ4v) is 2.16. The van der Waals surface area contributed by atoms with Gasteiger partial charge in [-0.25, -0.2) is 8.78 Å². The summed E-state index contributed by atoms with van der Waals surface area (Å²) in [4.78, 5) is 25.6. The topological polar surface area (TPSA) is 49.4 Å². The molecule has 2 amide bonds. The predicted octanol–water partition coefficient (Wildman–Crippen LogP) is 2.74. The molecule has 0 unspecified atom stereocenters. The van der Waals surface area contributed by atoms with Crippen LogP contribution in [-0.4, -0.2) is 29.8 Å². The summed E-state index contributed by atoms with van der Waals surface area (Å²) in [6.07, 6.45) is 0. The number of carbonyl (C=O) groups excluding carboxylic acids is 2. The van der Waals surface area contributed by atoms with E-state index in [0.717, 1.165) is 5.56 Å². The van der Waals surface area contributed by atoms with Gasteiger partial charge >= 0.3 is 0 Å². The Hall–Kier alpha value is -2.76. The maximum absolute atomic E-state index is 13.7. The van der Waals surface area contributed by atoms with Crippen molar-refractivity contribution in [1.29, 1.82) is 0 Å². The molecule has 0 saturated carbocycles. The van der Waals surface area contributed by atoms with Gasteiger partial charge in [-0.05, 0) is 36.8 Å². The molecule has 0 aliphatic heterocycles. The standard InChI is InChI=1S/C18H18F2N2O2/c1-2-22(18(24)15-5-3-4-6-16(15)20)12-17(23)21-11-13-7-9-14(19)10-8-13/h3-10H,2,11-12H2,1H3,(H,21,23). The maximum Gasteiger partial charge on any atom is 0.257 e. The number of hydrogen-bond acceptors (Lipinski definition) is 2. The molecule has 0 bridgehead atoms. The highest BCUT2D eigenvalue weighted by Crippen LogP contribution is 2.10. The van der Waals surface area contributed by atoms with E-state index in [1.807, 2.05) is 0 Å². The Kier molecular flexibility index (Phi) is 6.01. The number of nitrogens with zero attached hydrogens (tertiary/aromatic N) is 1. The Morgan fingerprint density at radius 2 is 1.71 bits per heavy atom. The van der Waals surface area contributed by atoms with Crippen LogP contribution in [-0.2, 0) is 11.3 Å². The minimum Gasteiger partial charge on any atom is -0.350 e. The van der Waals surface area contributed by atoms with E-state index < -0.39 is 11.7 Å². The molecule has 0 spiro atoms. The van der Waals surface area contributed by atoms with E-state index in [-0.39, 0.29) is 36.9 Å². The van der Waals surface area contributed by atoms with Crippen LogP contribution in [0.2, 0.25) is 0 Å². The van der Waals surface area contributed by atoms with E-state index in [4.69, 9.17) is 0 Å². The summed E-state index contributed by atoms with van der Waals surface area (Å²) in [6, 6.07) is 11.4. The molecule has 0 saturated heterocycles. The van der Waals surface area contributed by atoms with E-state index in [0.29, 0.717) is 0 Å². The number of hydrogen-bond donors (Lipinski definition) is 1. The van der Waals surface area contributed by atoms with Crippen LogP contribution in [0, 0.1) is 11.6 Å². The second-order valence-electron chi connectivity index (χ2n) is 5.20. The van der Waals surface area contributed by atoms with Crippen molar-refractivity contribution in [2.75, 3.05) is 13.1 Å². The van der Waals surface area contributed by atoms with Crippen LogP contribution in [0.15, 0.2) is 48.5 Å². The summed E-state index contributed by atoms with van der Waals surface area (Å²) < 4.78 is 26.5. The van der Waals surface area contributed by atoms with Crippen LogP contribution >= 0.6 is 0 Å². The highest BCUT2D eigenvalue weighted by molar-refractivity contribution is 5.96. The summed E-state index contributed by atoms with van der Waals surface area (Å²) >= 11 is 0. The molecule has 0 aliphatic rings. The number of amides is 2. The number of nitrogens with one attached hydrogen (secondary N) is 1. The van der Waals surface area contributed by atoms with Crippen molar-refractivity contribution < 1.29 is 18.4 Å². The molecule has 2 aromatic carbocycles. The number of carbonyl (C=O) groups is 2. The van der Waals surface area contributed by atoms with Crippen molar-refractivity contribution in [2.45, 2.75) is 13.5 Å². The van der Waals surface area contributed by atoms with E-state index >= 15 is 0 Å².